The number of rotatable bonds is 2. The summed E-state index contributed by atoms with van der Waals surface area (Å²) in [5.41, 5.74) is 16.6. The molecular weight excluding hydrogens is 288 g/mol. The van der Waals surface area contributed by atoms with Crippen molar-refractivity contribution in [3.05, 3.63) is 20.9 Å². The first-order chi connectivity index (χ1) is 7.80. The van der Waals surface area contributed by atoms with Gasteiger partial charge in [-0.05, 0) is 18.0 Å². The van der Waals surface area contributed by atoms with Crippen LogP contribution in [0.1, 0.15) is 13.8 Å². The summed E-state index contributed by atoms with van der Waals surface area (Å²) in [6.45, 7) is 4.24. The van der Waals surface area contributed by atoms with Gasteiger partial charge in [0.2, 0.25) is 0 Å². The molecule has 0 aliphatic carbocycles. The van der Waals surface area contributed by atoms with Crippen molar-refractivity contribution in [2.24, 2.45) is 10.2 Å². The Morgan fingerprint density at radius 1 is 1.29 bits per heavy atom. The molecule has 0 amide bonds. The van der Waals surface area contributed by atoms with Gasteiger partial charge in [-0.2, -0.15) is 0 Å². The van der Waals surface area contributed by atoms with E-state index in [9.17, 15) is 0 Å². The third-order valence-corrected chi connectivity index (χ3v) is 4.66. The minimum Gasteiger partial charge on any atom is -0.244 e. The van der Waals surface area contributed by atoms with Crippen molar-refractivity contribution in [3.63, 3.8) is 0 Å². The van der Waals surface area contributed by atoms with E-state index in [1.807, 2.05) is 38.0 Å². The first kappa shape index (κ1) is 14.1. The van der Waals surface area contributed by atoms with E-state index in [1.165, 1.54) is 0 Å². The molecule has 9 heteroatoms. The summed E-state index contributed by atoms with van der Waals surface area (Å²) in [5.74, 6) is 0. The number of hydrogen-bond acceptors (Lipinski definition) is 4. The van der Waals surface area contributed by atoms with Crippen molar-refractivity contribution in [2.45, 2.75) is 29.9 Å². The molecule has 0 N–H and O–H groups in total. The predicted octanol–water partition coefficient (Wildman–Crippen LogP) is 2.64. The van der Waals surface area contributed by atoms with Crippen LogP contribution < -0.4 is 0 Å². The van der Waals surface area contributed by atoms with Crippen molar-refractivity contribution < 1.29 is 0 Å². The normalized spacial score (nSPS) is 39.2. The number of halogens is 1. The molecule has 17 heavy (non-hydrogen) atoms. The summed E-state index contributed by atoms with van der Waals surface area (Å²) >= 11 is 3.55. The summed E-state index contributed by atoms with van der Waals surface area (Å²) in [6, 6.07) is 0. The van der Waals surface area contributed by atoms with Crippen molar-refractivity contribution in [1.82, 2.24) is 10.0 Å². The Morgan fingerprint density at radius 3 is 2.35 bits per heavy atom. The van der Waals surface area contributed by atoms with E-state index < -0.39 is 16.0 Å². The lowest BCUT2D eigenvalue weighted by Crippen LogP contribution is -2.69. The van der Waals surface area contributed by atoms with Gasteiger partial charge in [-0.1, -0.05) is 33.1 Å². The zero-order valence-corrected chi connectivity index (χ0v) is 11.8. The van der Waals surface area contributed by atoms with Crippen LogP contribution in [-0.2, 0) is 0 Å². The van der Waals surface area contributed by atoms with E-state index in [1.54, 1.807) is 0 Å². The average molecular weight is 303 g/mol. The zero-order chi connectivity index (χ0) is 13.3. The molecule has 3 atom stereocenters. The highest BCUT2D eigenvalue weighted by Crippen LogP contribution is 2.44. The lowest BCUT2D eigenvalue weighted by atomic mass is 9.83. The van der Waals surface area contributed by atoms with Crippen LogP contribution in [0, 0.1) is 0 Å². The maximum atomic E-state index is 8.69. The van der Waals surface area contributed by atoms with E-state index in [2.05, 4.69) is 36.0 Å². The minimum atomic E-state index is -0.706. The van der Waals surface area contributed by atoms with E-state index in [-0.39, 0.29) is 0 Å². The summed E-state index contributed by atoms with van der Waals surface area (Å²) in [4.78, 5) is 5.75. The Kier molecular flexibility index (Phi) is 3.91. The summed E-state index contributed by atoms with van der Waals surface area (Å²) in [5, 5.41) is 11.3. The molecule has 1 fully saturated rings. The zero-order valence-electron chi connectivity index (χ0n) is 10.2. The number of hydrazine groups is 1. The Hall–Kier alpha value is -0.980. The van der Waals surface area contributed by atoms with Crippen molar-refractivity contribution in [2.75, 3.05) is 20.6 Å². The van der Waals surface area contributed by atoms with E-state index in [0.29, 0.717) is 6.54 Å². The lowest BCUT2D eigenvalue weighted by Gasteiger charge is -2.54. The highest BCUT2D eigenvalue weighted by atomic mass is 79.9. The molecule has 0 saturated carbocycles. The molecule has 0 unspecified atom stereocenters. The first-order valence-corrected chi connectivity index (χ1v) is 5.82. The lowest BCUT2D eigenvalue weighted by molar-refractivity contribution is -0.0868. The predicted molar refractivity (Wildman–Crippen MR) is 68.2 cm³/mol. The minimum absolute atomic E-state index is 0.471. The van der Waals surface area contributed by atoms with Gasteiger partial charge in [0.25, 0.3) is 0 Å². The Bertz CT molecular complexity index is 396. The van der Waals surface area contributed by atoms with Gasteiger partial charge in [-0.15, -0.1) is 0 Å². The van der Waals surface area contributed by atoms with Crippen LogP contribution in [0.25, 0.3) is 20.9 Å². The third kappa shape index (κ3) is 2.20. The van der Waals surface area contributed by atoms with Gasteiger partial charge in [0.05, 0.1) is 9.86 Å². The van der Waals surface area contributed by atoms with Gasteiger partial charge < -0.3 is 0 Å². The first-order valence-electron chi connectivity index (χ1n) is 5.03. The van der Waals surface area contributed by atoms with Crippen molar-refractivity contribution in [3.8, 4) is 0 Å². The smallest absolute Gasteiger partial charge is 0.118 e. The van der Waals surface area contributed by atoms with Crippen LogP contribution in [0.3, 0.4) is 0 Å². The molecule has 1 rings (SSSR count). The SMILES string of the molecule is CN1C[C@](C)(N=[N+]=[N-])[C@@](C)(Br)[C@H](N=[N+]=[N-])N1C. The molecule has 0 aromatic rings. The molecule has 0 aromatic heterocycles. The van der Waals surface area contributed by atoms with E-state index in [4.69, 9.17) is 11.1 Å². The van der Waals surface area contributed by atoms with Crippen LogP contribution in [0.4, 0.5) is 0 Å². The average Bonchev–Trinajstić information content (AvgIpc) is 2.23. The van der Waals surface area contributed by atoms with Crippen LogP contribution in [0.5, 0.6) is 0 Å². The summed E-state index contributed by atoms with van der Waals surface area (Å²) in [6.07, 6.45) is -0.471. The van der Waals surface area contributed by atoms with Crippen molar-refractivity contribution in [1.29, 1.82) is 0 Å². The standard InChI is InChI=1S/C8H15BrN8/c1-7(13-15-11)5-16(3)17(4)6(12-14-10)8(7,2)9/h6H,5H2,1-4H3/t6-,7+,8+/m1/s1. The van der Waals surface area contributed by atoms with Gasteiger partial charge in [-0.25, -0.2) is 10.0 Å². The fraction of sp³-hybridized carbons (Fsp3) is 1.00. The molecule has 1 aliphatic heterocycles. The van der Waals surface area contributed by atoms with Gasteiger partial charge in [0.15, 0.2) is 0 Å². The van der Waals surface area contributed by atoms with Gasteiger partial charge in [0, 0.05) is 30.5 Å². The number of hydrogen-bond donors (Lipinski definition) is 0. The summed E-state index contributed by atoms with van der Waals surface area (Å²) in [7, 11) is 3.68. The van der Waals surface area contributed by atoms with Crippen LogP contribution in [0.15, 0.2) is 10.2 Å². The van der Waals surface area contributed by atoms with Gasteiger partial charge in [-0.3, -0.25) is 0 Å². The second-order valence-corrected chi connectivity index (χ2v) is 6.15. The molecule has 8 nitrogen and oxygen atoms in total. The number of azide groups is 2. The second-order valence-electron chi connectivity index (χ2n) is 4.51. The van der Waals surface area contributed by atoms with Gasteiger partial charge in [0.1, 0.15) is 6.17 Å². The quantitative estimate of drug-likeness (QED) is 0.338. The Balaban J connectivity index is 3.29. The molecule has 1 saturated heterocycles. The highest BCUT2D eigenvalue weighted by Gasteiger charge is 2.54. The molecule has 0 aromatic carbocycles. The van der Waals surface area contributed by atoms with Crippen LogP contribution >= 0.6 is 15.9 Å². The highest BCUT2D eigenvalue weighted by molar-refractivity contribution is 9.10. The Labute approximate surface area is 108 Å². The van der Waals surface area contributed by atoms with E-state index >= 15 is 0 Å². The fourth-order valence-corrected chi connectivity index (χ4v) is 2.58. The van der Waals surface area contributed by atoms with Crippen molar-refractivity contribution >= 4 is 15.9 Å². The molecule has 94 valence electrons. The molecule has 0 radical (unpaired) electrons. The second kappa shape index (κ2) is 4.72. The largest absolute Gasteiger partial charge is 0.244 e. The van der Waals surface area contributed by atoms with Crippen LogP contribution in [-0.4, -0.2) is 46.7 Å². The van der Waals surface area contributed by atoms with Crippen LogP contribution in [0.2, 0.25) is 0 Å². The maximum absolute atomic E-state index is 8.69. The topological polar surface area (TPSA) is 104 Å². The number of nitrogens with zero attached hydrogens (tertiary/aromatic N) is 8. The van der Waals surface area contributed by atoms with E-state index in [0.717, 1.165) is 0 Å². The third-order valence-electron chi connectivity index (χ3n) is 3.39. The molecular formula is C8H15BrN8. The fourth-order valence-electron chi connectivity index (χ4n) is 1.99. The number of likely N-dealkylation sites (N-methyl/N-ethyl adjacent to an activating group) is 1. The molecule has 1 aliphatic rings. The molecule has 0 spiro atoms. The molecule has 0 bridgehead atoms. The Morgan fingerprint density at radius 2 is 1.88 bits per heavy atom. The van der Waals surface area contributed by atoms with Gasteiger partial charge >= 0.3 is 0 Å². The maximum Gasteiger partial charge on any atom is 0.118 e. The monoisotopic (exact) mass is 302 g/mol. The summed E-state index contributed by atoms with van der Waals surface area (Å²) < 4.78 is -0.639. The number of alkyl halides is 1. The molecule has 1 heterocycles.